The molecule has 3 aromatic rings. The highest BCUT2D eigenvalue weighted by Crippen LogP contribution is 2.20. The predicted molar refractivity (Wildman–Crippen MR) is 79.9 cm³/mol. The number of para-hydroxylation sites is 1. The zero-order chi connectivity index (χ0) is 14.1. The molecular weight excluding hydrogens is 268 g/mol. The van der Waals surface area contributed by atoms with Crippen LogP contribution in [0.1, 0.15) is 16.7 Å². The molecule has 4 nitrogen and oxygen atoms in total. The van der Waals surface area contributed by atoms with Crippen LogP contribution in [-0.2, 0) is 6.54 Å². The third kappa shape index (κ3) is 2.00. The first kappa shape index (κ1) is 12.6. The lowest BCUT2D eigenvalue weighted by atomic mass is 10.1. The van der Waals surface area contributed by atoms with Crippen molar-refractivity contribution >= 4 is 23.3 Å². The van der Waals surface area contributed by atoms with Crippen LogP contribution >= 0.6 is 12.2 Å². The molecule has 98 valence electrons. The zero-order valence-electron chi connectivity index (χ0n) is 10.9. The molecule has 1 N–H and O–H groups in total. The molecule has 0 saturated heterocycles. The second-order valence-corrected chi connectivity index (χ2v) is 5.02. The van der Waals surface area contributed by atoms with Crippen molar-refractivity contribution in [2.45, 2.75) is 13.5 Å². The Bertz CT molecular complexity index is 883. The van der Waals surface area contributed by atoms with Gasteiger partial charge in [0.25, 0.3) is 0 Å². The summed E-state index contributed by atoms with van der Waals surface area (Å²) in [5.41, 5.74) is 4.65. The number of pyridine rings is 1. The number of H-pyrrole nitrogens is 1. The van der Waals surface area contributed by atoms with Gasteiger partial charge in [-0.25, -0.2) is 0 Å². The Morgan fingerprint density at radius 3 is 3.00 bits per heavy atom. The smallest absolute Gasteiger partial charge is 0.178 e. The first-order chi connectivity index (χ1) is 9.70. The Morgan fingerprint density at radius 1 is 1.40 bits per heavy atom. The minimum atomic E-state index is 0.610. The summed E-state index contributed by atoms with van der Waals surface area (Å²) in [4.78, 5) is 7.23. The molecule has 2 aromatic heterocycles. The Balaban J connectivity index is 2.18. The number of nitrogens with one attached hydrogen (secondary N) is 1. The van der Waals surface area contributed by atoms with Crippen LogP contribution in [-0.4, -0.2) is 14.5 Å². The number of benzene rings is 1. The summed E-state index contributed by atoms with van der Waals surface area (Å²) >= 11 is 5.39. The van der Waals surface area contributed by atoms with E-state index in [1.165, 1.54) is 5.56 Å². The lowest BCUT2D eigenvalue weighted by Gasteiger charge is -2.07. The molecule has 0 aliphatic heterocycles. The van der Waals surface area contributed by atoms with Crippen molar-refractivity contribution in [3.8, 4) is 6.07 Å². The fourth-order valence-corrected chi connectivity index (χ4v) is 2.55. The molecule has 20 heavy (non-hydrogen) atoms. The zero-order valence-corrected chi connectivity index (χ0v) is 11.7. The quantitative estimate of drug-likeness (QED) is 0.733. The monoisotopic (exact) mass is 280 g/mol. The van der Waals surface area contributed by atoms with Crippen LogP contribution in [0.25, 0.3) is 11.0 Å². The van der Waals surface area contributed by atoms with E-state index in [9.17, 15) is 0 Å². The van der Waals surface area contributed by atoms with Gasteiger partial charge < -0.3 is 9.55 Å². The van der Waals surface area contributed by atoms with Crippen molar-refractivity contribution in [3.63, 3.8) is 0 Å². The average molecular weight is 280 g/mol. The summed E-state index contributed by atoms with van der Waals surface area (Å²) in [5, 5.41) is 9.15. The molecular formula is C15H12N4S. The van der Waals surface area contributed by atoms with E-state index in [1.54, 1.807) is 12.3 Å². The minimum Gasteiger partial charge on any atom is -0.329 e. The van der Waals surface area contributed by atoms with Gasteiger partial charge in [-0.3, -0.25) is 4.98 Å². The fourth-order valence-electron chi connectivity index (χ4n) is 2.28. The van der Waals surface area contributed by atoms with Crippen LogP contribution in [0.3, 0.4) is 0 Å². The maximum absolute atomic E-state index is 9.15. The van der Waals surface area contributed by atoms with E-state index in [2.05, 4.69) is 16.0 Å². The van der Waals surface area contributed by atoms with Gasteiger partial charge in [0.15, 0.2) is 4.77 Å². The number of hydrogen-bond donors (Lipinski definition) is 1. The van der Waals surface area contributed by atoms with Gasteiger partial charge in [0.2, 0.25) is 0 Å². The van der Waals surface area contributed by atoms with Crippen LogP contribution in [0.5, 0.6) is 0 Å². The molecule has 0 unspecified atom stereocenters. The van der Waals surface area contributed by atoms with E-state index >= 15 is 0 Å². The van der Waals surface area contributed by atoms with Crippen molar-refractivity contribution in [2.24, 2.45) is 0 Å². The number of rotatable bonds is 2. The number of aryl methyl sites for hydroxylation is 1. The molecule has 2 heterocycles. The van der Waals surface area contributed by atoms with Crippen LogP contribution < -0.4 is 0 Å². The predicted octanol–water partition coefficient (Wildman–Crippen LogP) is 3.32. The third-order valence-electron chi connectivity index (χ3n) is 3.40. The fraction of sp³-hybridized carbons (Fsp3) is 0.133. The van der Waals surface area contributed by atoms with E-state index in [-0.39, 0.29) is 0 Å². The minimum absolute atomic E-state index is 0.610. The molecule has 0 aliphatic rings. The first-order valence-electron chi connectivity index (χ1n) is 6.22. The number of imidazole rings is 1. The van der Waals surface area contributed by atoms with Crippen LogP contribution in [0, 0.1) is 23.0 Å². The largest absolute Gasteiger partial charge is 0.329 e. The normalized spacial score (nSPS) is 10.6. The second kappa shape index (κ2) is 4.91. The Labute approximate surface area is 121 Å². The Morgan fingerprint density at radius 2 is 2.25 bits per heavy atom. The number of aromatic nitrogens is 3. The standard InChI is InChI=1S/C15H12N4S/c1-10-8-17-6-5-12(10)9-19-13-4-2-3-11(7-16)14(13)18-15(19)20/h2-6,8H,9H2,1H3,(H,18,20). The molecule has 0 amide bonds. The Kier molecular flexibility index (Phi) is 3.09. The molecule has 5 heteroatoms. The van der Waals surface area contributed by atoms with Crippen LogP contribution in [0.2, 0.25) is 0 Å². The number of fused-ring (bicyclic) bond motifs is 1. The topological polar surface area (TPSA) is 57.4 Å². The summed E-state index contributed by atoms with van der Waals surface area (Å²) in [6.45, 7) is 2.70. The van der Waals surface area contributed by atoms with Gasteiger partial charge in [0.05, 0.1) is 23.1 Å². The van der Waals surface area contributed by atoms with E-state index in [0.29, 0.717) is 16.9 Å². The number of nitriles is 1. The molecule has 0 spiro atoms. The van der Waals surface area contributed by atoms with Gasteiger partial charge in [0, 0.05) is 12.4 Å². The number of aromatic amines is 1. The van der Waals surface area contributed by atoms with Crippen LogP contribution in [0.4, 0.5) is 0 Å². The summed E-state index contributed by atoms with van der Waals surface area (Å²) in [5.74, 6) is 0. The SMILES string of the molecule is Cc1cnccc1Cn1c(=S)[nH]c2c(C#N)cccc21. The van der Waals surface area contributed by atoms with Crippen molar-refractivity contribution in [2.75, 3.05) is 0 Å². The van der Waals surface area contributed by atoms with Gasteiger partial charge in [-0.1, -0.05) is 6.07 Å². The molecule has 0 fully saturated rings. The molecule has 3 rings (SSSR count). The Hall–Kier alpha value is -2.45. The van der Waals surface area contributed by atoms with Crippen molar-refractivity contribution in [3.05, 3.63) is 58.1 Å². The highest BCUT2D eigenvalue weighted by molar-refractivity contribution is 7.71. The van der Waals surface area contributed by atoms with E-state index in [1.807, 2.05) is 35.9 Å². The van der Waals surface area contributed by atoms with Gasteiger partial charge in [-0.2, -0.15) is 5.26 Å². The molecule has 0 saturated carbocycles. The maximum Gasteiger partial charge on any atom is 0.178 e. The van der Waals surface area contributed by atoms with Gasteiger partial charge >= 0.3 is 0 Å². The van der Waals surface area contributed by atoms with Gasteiger partial charge in [-0.15, -0.1) is 0 Å². The lowest BCUT2D eigenvalue weighted by molar-refractivity contribution is 0.803. The van der Waals surface area contributed by atoms with Crippen molar-refractivity contribution in [1.29, 1.82) is 5.26 Å². The summed E-state index contributed by atoms with van der Waals surface area (Å²) in [6.07, 6.45) is 3.62. The summed E-state index contributed by atoms with van der Waals surface area (Å²) in [6, 6.07) is 9.81. The van der Waals surface area contributed by atoms with Crippen molar-refractivity contribution < 1.29 is 0 Å². The average Bonchev–Trinajstić information content (AvgIpc) is 2.77. The maximum atomic E-state index is 9.15. The highest BCUT2D eigenvalue weighted by atomic mass is 32.1. The first-order valence-corrected chi connectivity index (χ1v) is 6.62. The summed E-state index contributed by atoms with van der Waals surface area (Å²) in [7, 11) is 0. The van der Waals surface area contributed by atoms with Crippen molar-refractivity contribution in [1.82, 2.24) is 14.5 Å². The van der Waals surface area contributed by atoms with Gasteiger partial charge in [-0.05, 0) is 48.5 Å². The highest BCUT2D eigenvalue weighted by Gasteiger charge is 2.09. The third-order valence-corrected chi connectivity index (χ3v) is 3.72. The summed E-state index contributed by atoms with van der Waals surface area (Å²) < 4.78 is 2.63. The molecule has 0 radical (unpaired) electrons. The van der Waals surface area contributed by atoms with Crippen LogP contribution in [0.15, 0.2) is 36.7 Å². The molecule has 0 bridgehead atoms. The van der Waals surface area contributed by atoms with E-state index in [0.717, 1.165) is 16.6 Å². The van der Waals surface area contributed by atoms with E-state index in [4.69, 9.17) is 17.5 Å². The lowest BCUT2D eigenvalue weighted by Crippen LogP contribution is -2.01. The second-order valence-electron chi connectivity index (χ2n) is 4.63. The van der Waals surface area contributed by atoms with E-state index < -0.39 is 0 Å². The molecule has 0 atom stereocenters. The van der Waals surface area contributed by atoms with Gasteiger partial charge in [0.1, 0.15) is 6.07 Å². The number of nitrogens with zero attached hydrogens (tertiary/aromatic N) is 3. The number of hydrogen-bond acceptors (Lipinski definition) is 3. The molecule has 0 aliphatic carbocycles. The molecule has 1 aromatic carbocycles.